The van der Waals surface area contributed by atoms with Gasteiger partial charge in [0.25, 0.3) is 0 Å². The first kappa shape index (κ1) is 13.1. The van der Waals surface area contributed by atoms with Gasteiger partial charge in [0.1, 0.15) is 0 Å². The molecule has 100 valence electrons. The zero-order chi connectivity index (χ0) is 13.0. The van der Waals surface area contributed by atoms with Crippen LogP contribution in [-0.4, -0.2) is 33.4 Å². The Morgan fingerprint density at radius 2 is 2.22 bits per heavy atom. The van der Waals surface area contributed by atoms with Crippen molar-refractivity contribution in [1.29, 1.82) is 0 Å². The molecule has 1 fully saturated rings. The number of aryl methyl sites for hydroxylation is 1. The smallest absolute Gasteiger partial charge is 0.306 e. The van der Waals surface area contributed by atoms with Crippen LogP contribution >= 0.6 is 0 Å². The van der Waals surface area contributed by atoms with Crippen LogP contribution in [0.1, 0.15) is 31.4 Å². The zero-order valence-electron chi connectivity index (χ0n) is 10.8. The number of carbonyl (C=O) groups is 1. The Bertz CT molecular complexity index is 395. The highest BCUT2D eigenvalue weighted by atomic mass is 16.4. The lowest BCUT2D eigenvalue weighted by molar-refractivity contribution is -0.142. The average Bonchev–Trinajstić information content (AvgIpc) is 2.76. The van der Waals surface area contributed by atoms with Crippen molar-refractivity contribution < 1.29 is 9.90 Å². The van der Waals surface area contributed by atoms with Crippen LogP contribution in [0, 0.1) is 5.92 Å². The second-order valence-electron chi connectivity index (χ2n) is 5.04. The second-order valence-corrected chi connectivity index (χ2v) is 5.04. The number of carboxylic acid groups (broad SMARTS) is 1. The molecule has 0 radical (unpaired) electrons. The van der Waals surface area contributed by atoms with Crippen molar-refractivity contribution in [3.63, 3.8) is 0 Å². The van der Waals surface area contributed by atoms with Crippen molar-refractivity contribution in [2.24, 2.45) is 13.0 Å². The van der Waals surface area contributed by atoms with E-state index in [1.165, 1.54) is 5.69 Å². The Balaban J connectivity index is 1.67. The number of nitrogens with one attached hydrogen (secondary N) is 1. The molecule has 0 bridgehead atoms. The maximum atomic E-state index is 10.8. The van der Waals surface area contributed by atoms with Gasteiger partial charge in [-0.05, 0) is 31.7 Å². The van der Waals surface area contributed by atoms with Crippen molar-refractivity contribution in [3.05, 3.63) is 18.0 Å². The van der Waals surface area contributed by atoms with E-state index in [1.807, 2.05) is 24.0 Å². The average molecular weight is 251 g/mol. The Morgan fingerprint density at radius 1 is 1.50 bits per heavy atom. The summed E-state index contributed by atoms with van der Waals surface area (Å²) >= 11 is 0. The van der Waals surface area contributed by atoms with Crippen LogP contribution in [0.5, 0.6) is 0 Å². The lowest BCUT2D eigenvalue weighted by Crippen LogP contribution is -2.36. The van der Waals surface area contributed by atoms with Crippen molar-refractivity contribution in [1.82, 2.24) is 15.1 Å². The molecule has 0 spiro atoms. The molecule has 2 N–H and O–H groups in total. The molecule has 5 nitrogen and oxygen atoms in total. The molecule has 1 saturated carbocycles. The van der Waals surface area contributed by atoms with Crippen molar-refractivity contribution in [3.8, 4) is 0 Å². The summed E-state index contributed by atoms with van der Waals surface area (Å²) in [5.41, 5.74) is 1.22. The number of aliphatic carboxylic acids is 1. The SMILES string of the molecule is Cn1nccc1CCNC1CCC(C(=O)O)CC1. The summed E-state index contributed by atoms with van der Waals surface area (Å²) in [6, 6.07) is 2.51. The van der Waals surface area contributed by atoms with Gasteiger partial charge in [-0.3, -0.25) is 9.48 Å². The van der Waals surface area contributed by atoms with Gasteiger partial charge in [-0.1, -0.05) is 0 Å². The lowest BCUT2D eigenvalue weighted by atomic mass is 9.86. The van der Waals surface area contributed by atoms with E-state index in [2.05, 4.69) is 10.4 Å². The second kappa shape index (κ2) is 6.00. The molecule has 1 aliphatic rings. The summed E-state index contributed by atoms with van der Waals surface area (Å²) in [5.74, 6) is -0.761. The highest BCUT2D eigenvalue weighted by Crippen LogP contribution is 2.24. The quantitative estimate of drug-likeness (QED) is 0.825. The van der Waals surface area contributed by atoms with Gasteiger partial charge in [-0.25, -0.2) is 0 Å². The molecule has 1 aromatic rings. The first-order valence-corrected chi connectivity index (χ1v) is 6.60. The van der Waals surface area contributed by atoms with Crippen LogP contribution < -0.4 is 5.32 Å². The van der Waals surface area contributed by atoms with E-state index in [4.69, 9.17) is 5.11 Å². The molecule has 1 aromatic heterocycles. The molecule has 0 atom stereocenters. The maximum absolute atomic E-state index is 10.8. The van der Waals surface area contributed by atoms with Gasteiger partial charge in [0, 0.05) is 37.9 Å². The predicted octanol–water partition coefficient (Wildman–Crippen LogP) is 1.20. The number of carboxylic acids is 1. The fraction of sp³-hybridized carbons (Fsp3) is 0.692. The molecule has 5 heteroatoms. The highest BCUT2D eigenvalue weighted by Gasteiger charge is 2.25. The van der Waals surface area contributed by atoms with Gasteiger partial charge in [0.05, 0.1) is 5.92 Å². The molecule has 1 heterocycles. The molecular weight excluding hydrogens is 230 g/mol. The predicted molar refractivity (Wildman–Crippen MR) is 68.3 cm³/mol. The third-order valence-corrected chi connectivity index (χ3v) is 3.81. The summed E-state index contributed by atoms with van der Waals surface area (Å²) < 4.78 is 1.89. The minimum absolute atomic E-state index is 0.125. The van der Waals surface area contributed by atoms with E-state index in [-0.39, 0.29) is 5.92 Å². The molecule has 0 aromatic carbocycles. The van der Waals surface area contributed by atoms with Gasteiger partial charge in [-0.15, -0.1) is 0 Å². The van der Waals surface area contributed by atoms with Gasteiger partial charge in [0.2, 0.25) is 0 Å². The normalized spacial score (nSPS) is 24.1. The van der Waals surface area contributed by atoms with Crippen LogP contribution in [0.4, 0.5) is 0 Å². The minimum Gasteiger partial charge on any atom is -0.481 e. The molecule has 0 aliphatic heterocycles. The van der Waals surface area contributed by atoms with Crippen LogP contribution in [0.15, 0.2) is 12.3 Å². The fourth-order valence-electron chi connectivity index (χ4n) is 2.60. The van der Waals surface area contributed by atoms with E-state index in [0.717, 1.165) is 38.6 Å². The first-order chi connectivity index (χ1) is 8.66. The molecular formula is C13H21N3O2. The fourth-order valence-corrected chi connectivity index (χ4v) is 2.60. The number of rotatable bonds is 5. The lowest BCUT2D eigenvalue weighted by Gasteiger charge is -2.26. The Morgan fingerprint density at radius 3 is 2.78 bits per heavy atom. The first-order valence-electron chi connectivity index (χ1n) is 6.60. The van der Waals surface area contributed by atoms with Crippen LogP contribution in [-0.2, 0) is 18.3 Å². The largest absolute Gasteiger partial charge is 0.481 e. The van der Waals surface area contributed by atoms with Gasteiger partial charge >= 0.3 is 5.97 Å². The molecule has 0 saturated heterocycles. The van der Waals surface area contributed by atoms with Crippen LogP contribution in [0.25, 0.3) is 0 Å². The van der Waals surface area contributed by atoms with Crippen molar-refractivity contribution >= 4 is 5.97 Å². The molecule has 2 rings (SSSR count). The van der Waals surface area contributed by atoms with E-state index in [0.29, 0.717) is 6.04 Å². The minimum atomic E-state index is -0.636. The summed E-state index contributed by atoms with van der Waals surface area (Å²) in [5, 5.41) is 16.6. The van der Waals surface area contributed by atoms with Crippen LogP contribution in [0.3, 0.4) is 0 Å². The van der Waals surface area contributed by atoms with Gasteiger partial charge < -0.3 is 10.4 Å². The van der Waals surface area contributed by atoms with Crippen LogP contribution in [0.2, 0.25) is 0 Å². The number of aromatic nitrogens is 2. The topological polar surface area (TPSA) is 67.2 Å². The summed E-state index contributed by atoms with van der Waals surface area (Å²) in [6.45, 7) is 0.932. The number of nitrogens with zero attached hydrogens (tertiary/aromatic N) is 2. The third kappa shape index (κ3) is 3.32. The maximum Gasteiger partial charge on any atom is 0.306 e. The molecule has 18 heavy (non-hydrogen) atoms. The Labute approximate surface area is 107 Å². The van der Waals surface area contributed by atoms with E-state index >= 15 is 0 Å². The van der Waals surface area contributed by atoms with Crippen molar-refractivity contribution in [2.45, 2.75) is 38.1 Å². The summed E-state index contributed by atoms with van der Waals surface area (Å²) in [4.78, 5) is 10.8. The van der Waals surface area contributed by atoms with E-state index in [9.17, 15) is 4.79 Å². The van der Waals surface area contributed by atoms with Crippen molar-refractivity contribution in [2.75, 3.05) is 6.54 Å². The summed E-state index contributed by atoms with van der Waals surface area (Å²) in [6.07, 6.45) is 6.34. The molecule has 1 aliphatic carbocycles. The Hall–Kier alpha value is -1.36. The monoisotopic (exact) mass is 251 g/mol. The number of hydrogen-bond donors (Lipinski definition) is 2. The zero-order valence-corrected chi connectivity index (χ0v) is 10.8. The standard InChI is InChI=1S/C13H21N3O2/c1-16-12(7-9-15-16)6-8-14-11-4-2-10(3-5-11)13(17)18/h7,9-11,14H,2-6,8H2,1H3,(H,17,18). The molecule has 0 unspecified atom stereocenters. The summed E-state index contributed by atoms with van der Waals surface area (Å²) in [7, 11) is 1.95. The molecule has 0 amide bonds. The Kier molecular flexibility index (Phi) is 4.36. The van der Waals surface area contributed by atoms with E-state index < -0.39 is 5.97 Å². The van der Waals surface area contributed by atoms with Gasteiger partial charge in [0.15, 0.2) is 0 Å². The third-order valence-electron chi connectivity index (χ3n) is 3.81. The van der Waals surface area contributed by atoms with E-state index in [1.54, 1.807) is 0 Å². The number of hydrogen-bond acceptors (Lipinski definition) is 3. The highest BCUT2D eigenvalue weighted by molar-refractivity contribution is 5.70. The van der Waals surface area contributed by atoms with Gasteiger partial charge in [-0.2, -0.15) is 5.10 Å².